The Balaban J connectivity index is 1.79. The molecular formula is C37H52O5. The third-order valence-corrected chi connectivity index (χ3v) is 8.65. The quantitative estimate of drug-likeness (QED) is 0.157. The second-order valence-electron chi connectivity index (χ2n) is 12.5. The van der Waals surface area contributed by atoms with Gasteiger partial charge in [0.2, 0.25) is 0 Å². The van der Waals surface area contributed by atoms with E-state index >= 15 is 0 Å². The topological polar surface area (TPSA) is 79.2 Å². The molecule has 0 amide bonds. The first kappa shape index (κ1) is 33.6. The predicted molar refractivity (Wildman–Crippen MR) is 172 cm³/mol. The highest BCUT2D eigenvalue weighted by molar-refractivity contribution is 5.48. The molecule has 0 heterocycles. The number of rotatable bonds is 17. The maximum absolute atomic E-state index is 11.0. The molecule has 2 unspecified atom stereocenters. The molecule has 3 rings (SSSR count). The van der Waals surface area contributed by atoms with Gasteiger partial charge in [-0.2, -0.15) is 0 Å². The molecule has 0 saturated heterocycles. The van der Waals surface area contributed by atoms with Gasteiger partial charge in [-0.3, -0.25) is 0 Å². The van der Waals surface area contributed by atoms with Crippen molar-refractivity contribution in [1.82, 2.24) is 0 Å². The summed E-state index contributed by atoms with van der Waals surface area (Å²) in [6.07, 6.45) is 4.43. The van der Waals surface area contributed by atoms with Crippen molar-refractivity contribution < 1.29 is 24.8 Å². The molecule has 2 atom stereocenters. The number of aliphatic hydroxyl groups is 3. The molecule has 0 aliphatic carbocycles. The normalized spacial score (nSPS) is 13.5. The van der Waals surface area contributed by atoms with Crippen LogP contribution in [-0.2, 0) is 11.8 Å². The van der Waals surface area contributed by atoms with Crippen LogP contribution in [0.25, 0.3) is 0 Å². The van der Waals surface area contributed by atoms with Gasteiger partial charge in [0, 0.05) is 5.41 Å². The van der Waals surface area contributed by atoms with Gasteiger partial charge in [0.1, 0.15) is 30.8 Å². The van der Waals surface area contributed by atoms with E-state index in [1.165, 1.54) is 16.7 Å². The lowest BCUT2D eigenvalue weighted by molar-refractivity contribution is 0.00703. The standard InChI is InChI=1S/C37H52O5/c1-7-19-37(20-8-2,30-14-16-33(27(3)22-30)41-25-32(39)24-38)31-15-17-34(28(4)23-31)42-26-35(40)36(5,6)21-18-29-12-10-9-11-13-29/h9-17,22-23,32,35,38-40H,7-8,18-21,24-26H2,1-6H3. The van der Waals surface area contributed by atoms with Crippen LogP contribution in [-0.4, -0.2) is 47.3 Å². The van der Waals surface area contributed by atoms with E-state index in [0.29, 0.717) is 0 Å². The lowest BCUT2D eigenvalue weighted by Crippen LogP contribution is -2.35. The Hall–Kier alpha value is -2.86. The molecule has 5 heteroatoms. The summed E-state index contributed by atoms with van der Waals surface area (Å²) in [6, 6.07) is 23.3. The second-order valence-corrected chi connectivity index (χ2v) is 12.5. The van der Waals surface area contributed by atoms with E-state index in [2.05, 4.69) is 89.2 Å². The highest BCUT2D eigenvalue weighted by Crippen LogP contribution is 2.43. The van der Waals surface area contributed by atoms with E-state index in [0.717, 1.165) is 61.2 Å². The lowest BCUT2D eigenvalue weighted by atomic mass is 9.68. The fraction of sp³-hybridized carbons (Fsp3) is 0.514. The molecule has 0 aliphatic rings. The minimum Gasteiger partial charge on any atom is -0.491 e. The summed E-state index contributed by atoms with van der Waals surface area (Å²) in [5, 5.41) is 29.9. The van der Waals surface area contributed by atoms with Crippen LogP contribution in [0.3, 0.4) is 0 Å². The first-order chi connectivity index (χ1) is 20.1. The van der Waals surface area contributed by atoms with E-state index in [9.17, 15) is 10.2 Å². The Morgan fingerprint density at radius 1 is 0.714 bits per heavy atom. The zero-order valence-electron chi connectivity index (χ0n) is 26.5. The summed E-state index contributed by atoms with van der Waals surface area (Å²) in [4.78, 5) is 0. The Kier molecular flexibility index (Phi) is 12.5. The average Bonchev–Trinajstić information content (AvgIpc) is 2.98. The third-order valence-electron chi connectivity index (χ3n) is 8.65. The zero-order valence-corrected chi connectivity index (χ0v) is 26.5. The van der Waals surface area contributed by atoms with Gasteiger partial charge in [-0.25, -0.2) is 0 Å². The number of aliphatic hydroxyl groups excluding tert-OH is 3. The van der Waals surface area contributed by atoms with Crippen molar-refractivity contribution >= 4 is 0 Å². The molecular weight excluding hydrogens is 524 g/mol. The Bertz CT molecular complexity index is 1230. The van der Waals surface area contributed by atoms with Crippen molar-refractivity contribution in [2.45, 2.75) is 97.7 Å². The lowest BCUT2D eigenvalue weighted by Gasteiger charge is -2.36. The Morgan fingerprint density at radius 3 is 1.71 bits per heavy atom. The smallest absolute Gasteiger partial charge is 0.122 e. The van der Waals surface area contributed by atoms with Crippen LogP contribution >= 0.6 is 0 Å². The minimum absolute atomic E-state index is 0.0608. The van der Waals surface area contributed by atoms with Gasteiger partial charge in [0.05, 0.1) is 12.7 Å². The van der Waals surface area contributed by atoms with Gasteiger partial charge < -0.3 is 24.8 Å². The Morgan fingerprint density at radius 2 is 1.24 bits per heavy atom. The maximum Gasteiger partial charge on any atom is 0.122 e. The largest absolute Gasteiger partial charge is 0.491 e. The number of ether oxygens (including phenoxy) is 2. The van der Waals surface area contributed by atoms with E-state index in [1.807, 2.05) is 19.1 Å². The van der Waals surface area contributed by atoms with Crippen molar-refractivity contribution in [2.24, 2.45) is 5.41 Å². The zero-order chi connectivity index (χ0) is 30.8. The summed E-state index contributed by atoms with van der Waals surface area (Å²) in [5.74, 6) is 1.53. The summed E-state index contributed by atoms with van der Waals surface area (Å²) in [5.41, 5.74) is 5.45. The highest BCUT2D eigenvalue weighted by Gasteiger charge is 2.34. The molecule has 3 aromatic rings. The van der Waals surface area contributed by atoms with Crippen molar-refractivity contribution in [3.8, 4) is 11.5 Å². The highest BCUT2D eigenvalue weighted by atomic mass is 16.5. The SMILES string of the molecule is CCCC(CCC)(c1ccc(OCC(O)CO)c(C)c1)c1ccc(OCC(O)C(C)(C)CCc2ccccc2)c(C)c1. The van der Waals surface area contributed by atoms with Gasteiger partial charge >= 0.3 is 0 Å². The number of hydrogen-bond acceptors (Lipinski definition) is 5. The van der Waals surface area contributed by atoms with Crippen molar-refractivity contribution in [3.05, 3.63) is 94.5 Å². The van der Waals surface area contributed by atoms with Crippen LogP contribution in [0.5, 0.6) is 11.5 Å². The first-order valence-corrected chi connectivity index (χ1v) is 15.5. The molecule has 5 nitrogen and oxygen atoms in total. The molecule has 3 N–H and O–H groups in total. The average molecular weight is 577 g/mol. The van der Waals surface area contributed by atoms with E-state index in [-0.39, 0.29) is 30.7 Å². The Labute approximate surface area is 253 Å². The van der Waals surface area contributed by atoms with Gasteiger partial charge in [0.15, 0.2) is 0 Å². The molecule has 0 aliphatic heterocycles. The summed E-state index contributed by atoms with van der Waals surface area (Å²) >= 11 is 0. The molecule has 0 bridgehead atoms. The third kappa shape index (κ3) is 8.59. The van der Waals surface area contributed by atoms with Gasteiger partial charge in [-0.05, 0) is 84.9 Å². The maximum atomic E-state index is 11.0. The van der Waals surface area contributed by atoms with Crippen molar-refractivity contribution in [3.63, 3.8) is 0 Å². The second kappa shape index (κ2) is 15.6. The molecule has 42 heavy (non-hydrogen) atoms. The van der Waals surface area contributed by atoms with Crippen LogP contribution in [0, 0.1) is 19.3 Å². The van der Waals surface area contributed by atoms with Gasteiger partial charge in [0.25, 0.3) is 0 Å². The van der Waals surface area contributed by atoms with Gasteiger partial charge in [-0.15, -0.1) is 0 Å². The van der Waals surface area contributed by atoms with Crippen LogP contribution < -0.4 is 9.47 Å². The number of aryl methyl sites for hydroxylation is 3. The van der Waals surface area contributed by atoms with Crippen LogP contribution in [0.2, 0.25) is 0 Å². The summed E-state index contributed by atoms with van der Waals surface area (Å²) in [6.45, 7) is 12.8. The molecule has 0 fully saturated rings. The van der Waals surface area contributed by atoms with E-state index in [1.54, 1.807) is 0 Å². The van der Waals surface area contributed by atoms with Crippen molar-refractivity contribution in [1.29, 1.82) is 0 Å². The summed E-state index contributed by atoms with van der Waals surface area (Å²) in [7, 11) is 0. The van der Waals surface area contributed by atoms with Crippen LogP contribution in [0.4, 0.5) is 0 Å². The van der Waals surface area contributed by atoms with Crippen molar-refractivity contribution in [2.75, 3.05) is 19.8 Å². The number of hydrogen-bond donors (Lipinski definition) is 3. The van der Waals surface area contributed by atoms with Crippen LogP contribution in [0.15, 0.2) is 66.7 Å². The van der Waals surface area contributed by atoms with Crippen LogP contribution in [0.1, 0.15) is 87.6 Å². The number of benzene rings is 3. The van der Waals surface area contributed by atoms with Gasteiger partial charge in [-0.1, -0.05) is 95.1 Å². The fourth-order valence-corrected chi connectivity index (χ4v) is 5.85. The molecule has 0 aromatic heterocycles. The first-order valence-electron chi connectivity index (χ1n) is 15.5. The monoisotopic (exact) mass is 576 g/mol. The summed E-state index contributed by atoms with van der Waals surface area (Å²) < 4.78 is 12.0. The molecule has 230 valence electrons. The van der Waals surface area contributed by atoms with E-state index < -0.39 is 12.2 Å². The molecule has 0 saturated carbocycles. The molecule has 3 aromatic carbocycles. The fourth-order valence-electron chi connectivity index (χ4n) is 5.85. The predicted octanol–water partition coefficient (Wildman–Crippen LogP) is 7.32. The molecule has 0 radical (unpaired) electrons. The minimum atomic E-state index is -0.895. The molecule has 0 spiro atoms. The van der Waals surface area contributed by atoms with E-state index in [4.69, 9.17) is 14.6 Å².